The molecule has 1 aromatic carbocycles. The third-order valence-corrected chi connectivity index (χ3v) is 2.77. The van der Waals surface area contributed by atoms with Crippen molar-refractivity contribution >= 4 is 52.3 Å². The van der Waals surface area contributed by atoms with E-state index in [1.54, 1.807) is 24.3 Å². The van der Waals surface area contributed by atoms with Crippen molar-refractivity contribution in [3.63, 3.8) is 0 Å². The molecule has 2 N–H and O–H groups in total. The van der Waals surface area contributed by atoms with Gasteiger partial charge in [0.2, 0.25) is 5.91 Å². The summed E-state index contributed by atoms with van der Waals surface area (Å²) in [5.41, 5.74) is 5.95. The van der Waals surface area contributed by atoms with E-state index in [0.29, 0.717) is 10.6 Å². The average Bonchev–Trinajstić information content (AvgIpc) is 2.14. The molecule has 0 bridgehead atoms. The molecule has 0 fully saturated rings. The lowest BCUT2D eigenvalue weighted by atomic mass is 9.96. The van der Waals surface area contributed by atoms with Crippen molar-refractivity contribution in [2.75, 3.05) is 0 Å². The van der Waals surface area contributed by atoms with Gasteiger partial charge >= 0.3 is 0 Å². The molecule has 88 valence electrons. The zero-order valence-corrected chi connectivity index (χ0v) is 11.1. The molecule has 0 saturated carbocycles. The van der Waals surface area contributed by atoms with Crippen molar-refractivity contribution in [2.45, 2.75) is 16.1 Å². The lowest BCUT2D eigenvalue weighted by Gasteiger charge is -2.18. The summed E-state index contributed by atoms with van der Waals surface area (Å²) in [5.74, 6) is -1.17. The zero-order chi connectivity index (χ0) is 12.3. The van der Waals surface area contributed by atoms with Gasteiger partial charge in [0, 0.05) is 11.4 Å². The SMILES string of the molecule is NC(=O)C(CC(Cl)(Cl)Cl)c1ccc(Cl)cc1. The first-order valence-corrected chi connectivity index (χ1v) is 5.92. The summed E-state index contributed by atoms with van der Waals surface area (Å²) >= 11 is 22.7. The van der Waals surface area contributed by atoms with Crippen molar-refractivity contribution < 1.29 is 4.79 Å². The Kier molecular flexibility index (Phi) is 4.74. The Hall–Kier alpha value is -0.150. The molecule has 16 heavy (non-hydrogen) atoms. The Morgan fingerprint density at radius 3 is 2.12 bits per heavy atom. The summed E-state index contributed by atoms with van der Waals surface area (Å²) < 4.78 is -1.51. The zero-order valence-electron chi connectivity index (χ0n) is 8.09. The molecule has 0 aliphatic heterocycles. The predicted octanol–water partition coefficient (Wildman–Crippen LogP) is 3.67. The summed E-state index contributed by atoms with van der Waals surface area (Å²) in [5, 5.41) is 0.570. The lowest BCUT2D eigenvalue weighted by molar-refractivity contribution is -0.119. The molecule has 0 aliphatic carbocycles. The van der Waals surface area contributed by atoms with Crippen LogP contribution in [0.4, 0.5) is 0 Å². The van der Waals surface area contributed by atoms with Crippen LogP contribution < -0.4 is 5.73 Å². The first kappa shape index (κ1) is 13.9. The number of amides is 1. The molecule has 0 saturated heterocycles. The molecule has 0 aromatic heterocycles. The van der Waals surface area contributed by atoms with Gasteiger partial charge in [-0.25, -0.2) is 0 Å². The minimum absolute atomic E-state index is 0.0363. The van der Waals surface area contributed by atoms with E-state index in [1.807, 2.05) is 0 Å². The van der Waals surface area contributed by atoms with Crippen LogP contribution in [-0.2, 0) is 4.79 Å². The number of benzene rings is 1. The van der Waals surface area contributed by atoms with E-state index in [9.17, 15) is 4.79 Å². The van der Waals surface area contributed by atoms with Gasteiger partial charge in [-0.1, -0.05) is 58.5 Å². The summed E-state index contributed by atoms with van der Waals surface area (Å²) in [6, 6.07) is 6.69. The summed E-state index contributed by atoms with van der Waals surface area (Å²) in [4.78, 5) is 11.3. The normalized spacial score (nSPS) is 13.5. The van der Waals surface area contributed by atoms with E-state index >= 15 is 0 Å². The fourth-order valence-corrected chi connectivity index (χ4v) is 1.90. The monoisotopic (exact) mass is 299 g/mol. The number of carbonyl (C=O) groups is 1. The van der Waals surface area contributed by atoms with E-state index < -0.39 is 15.6 Å². The van der Waals surface area contributed by atoms with Gasteiger partial charge in [-0.05, 0) is 17.7 Å². The maximum Gasteiger partial charge on any atom is 0.225 e. The fraction of sp³-hybridized carbons (Fsp3) is 0.300. The van der Waals surface area contributed by atoms with E-state index in [1.165, 1.54) is 0 Å². The Morgan fingerprint density at radius 1 is 1.25 bits per heavy atom. The summed E-state index contributed by atoms with van der Waals surface area (Å²) in [7, 11) is 0. The van der Waals surface area contributed by atoms with Crippen LogP contribution in [0.15, 0.2) is 24.3 Å². The summed E-state index contributed by atoms with van der Waals surface area (Å²) in [6.07, 6.45) is 0.0363. The van der Waals surface area contributed by atoms with Crippen LogP contribution >= 0.6 is 46.4 Å². The van der Waals surface area contributed by atoms with Gasteiger partial charge in [0.15, 0.2) is 3.79 Å². The second-order valence-corrected chi connectivity index (χ2v) is 6.28. The van der Waals surface area contributed by atoms with Crippen molar-refractivity contribution in [2.24, 2.45) is 5.73 Å². The third kappa shape index (κ3) is 4.38. The van der Waals surface area contributed by atoms with Crippen molar-refractivity contribution in [3.05, 3.63) is 34.9 Å². The summed E-state index contributed by atoms with van der Waals surface area (Å²) in [6.45, 7) is 0. The first-order valence-electron chi connectivity index (χ1n) is 4.41. The topological polar surface area (TPSA) is 43.1 Å². The number of carbonyl (C=O) groups excluding carboxylic acids is 1. The second kappa shape index (κ2) is 5.46. The van der Waals surface area contributed by atoms with Gasteiger partial charge in [-0.15, -0.1) is 0 Å². The highest BCUT2D eigenvalue weighted by molar-refractivity contribution is 6.67. The smallest absolute Gasteiger partial charge is 0.225 e. The standard InChI is InChI=1S/C10H9Cl4NO/c11-7-3-1-6(2-4-7)8(9(15)16)5-10(12,13)14/h1-4,8H,5H2,(H2,15,16). The van der Waals surface area contributed by atoms with Gasteiger partial charge in [0.05, 0.1) is 5.92 Å². The number of hydrogen-bond acceptors (Lipinski definition) is 1. The third-order valence-electron chi connectivity index (χ3n) is 2.05. The van der Waals surface area contributed by atoms with Crippen LogP contribution in [0.5, 0.6) is 0 Å². The number of primary amides is 1. The van der Waals surface area contributed by atoms with Crippen LogP contribution in [0.1, 0.15) is 17.9 Å². The molecule has 1 rings (SSSR count). The number of rotatable bonds is 3. The molecule has 0 radical (unpaired) electrons. The molecule has 6 heteroatoms. The lowest BCUT2D eigenvalue weighted by Crippen LogP contribution is -2.25. The molecular formula is C10H9Cl4NO. The number of hydrogen-bond donors (Lipinski definition) is 1. The van der Waals surface area contributed by atoms with Gasteiger partial charge in [0.25, 0.3) is 0 Å². The van der Waals surface area contributed by atoms with Gasteiger partial charge in [0.1, 0.15) is 0 Å². The highest BCUT2D eigenvalue weighted by Gasteiger charge is 2.29. The van der Waals surface area contributed by atoms with Crippen LogP contribution in [0.25, 0.3) is 0 Å². The predicted molar refractivity (Wildman–Crippen MR) is 68.3 cm³/mol. The molecule has 1 unspecified atom stereocenters. The minimum atomic E-state index is -1.51. The van der Waals surface area contributed by atoms with E-state index in [4.69, 9.17) is 52.1 Å². The van der Waals surface area contributed by atoms with Crippen molar-refractivity contribution in [1.29, 1.82) is 0 Å². The molecule has 0 spiro atoms. The Balaban J connectivity index is 2.94. The van der Waals surface area contributed by atoms with Gasteiger partial charge < -0.3 is 5.73 Å². The maximum atomic E-state index is 11.3. The van der Waals surface area contributed by atoms with Gasteiger partial charge in [-0.3, -0.25) is 4.79 Å². The van der Waals surface area contributed by atoms with Crippen LogP contribution in [0.3, 0.4) is 0 Å². The molecule has 0 aliphatic rings. The van der Waals surface area contributed by atoms with Gasteiger partial charge in [-0.2, -0.15) is 0 Å². The molecule has 1 aromatic rings. The number of alkyl halides is 3. The molecule has 0 heterocycles. The van der Waals surface area contributed by atoms with Crippen LogP contribution in [0.2, 0.25) is 5.02 Å². The molecular weight excluding hydrogens is 292 g/mol. The Morgan fingerprint density at radius 2 is 1.75 bits per heavy atom. The van der Waals surface area contributed by atoms with Crippen LogP contribution in [0, 0.1) is 0 Å². The quantitative estimate of drug-likeness (QED) is 0.850. The number of halogens is 4. The van der Waals surface area contributed by atoms with Crippen molar-refractivity contribution in [1.82, 2.24) is 0 Å². The van der Waals surface area contributed by atoms with Crippen LogP contribution in [-0.4, -0.2) is 9.70 Å². The van der Waals surface area contributed by atoms with E-state index in [-0.39, 0.29) is 6.42 Å². The fourth-order valence-electron chi connectivity index (χ4n) is 1.31. The maximum absolute atomic E-state index is 11.3. The molecule has 1 atom stereocenters. The highest BCUT2D eigenvalue weighted by Crippen LogP contribution is 2.37. The van der Waals surface area contributed by atoms with E-state index in [0.717, 1.165) is 0 Å². The minimum Gasteiger partial charge on any atom is -0.369 e. The molecule has 1 amide bonds. The number of nitrogens with two attached hydrogens (primary N) is 1. The molecule has 2 nitrogen and oxygen atoms in total. The van der Waals surface area contributed by atoms with Crippen molar-refractivity contribution in [3.8, 4) is 0 Å². The largest absolute Gasteiger partial charge is 0.369 e. The second-order valence-electron chi connectivity index (χ2n) is 3.33. The first-order chi connectivity index (χ1) is 7.29. The van der Waals surface area contributed by atoms with E-state index in [2.05, 4.69) is 0 Å². The average molecular weight is 301 g/mol. The Labute approximate surface area is 114 Å². The highest BCUT2D eigenvalue weighted by atomic mass is 35.6. The Bertz CT molecular complexity index is 371.